The molecule has 2 saturated heterocycles. The molecule has 8 nitrogen and oxygen atoms in total. The van der Waals surface area contributed by atoms with Crippen molar-refractivity contribution >= 4 is 17.5 Å². The van der Waals surface area contributed by atoms with Crippen LogP contribution in [0.5, 0.6) is 0 Å². The van der Waals surface area contributed by atoms with Gasteiger partial charge in [-0.05, 0) is 50.5 Å². The maximum Gasteiger partial charge on any atom is 0.259 e. The van der Waals surface area contributed by atoms with Crippen molar-refractivity contribution in [2.45, 2.75) is 32.2 Å². The highest BCUT2D eigenvalue weighted by Crippen LogP contribution is 2.29. The minimum Gasteiger partial charge on any atom is -0.379 e. The molecule has 32 heavy (non-hydrogen) atoms. The van der Waals surface area contributed by atoms with Crippen LogP contribution >= 0.6 is 0 Å². The third-order valence-electron chi connectivity index (χ3n) is 5.93. The van der Waals surface area contributed by atoms with E-state index in [1.54, 1.807) is 6.92 Å². The number of amides is 2. The van der Waals surface area contributed by atoms with Gasteiger partial charge in [-0.1, -0.05) is 0 Å². The van der Waals surface area contributed by atoms with Gasteiger partial charge in [0.15, 0.2) is 5.82 Å². The van der Waals surface area contributed by atoms with Crippen molar-refractivity contribution in [1.82, 2.24) is 19.8 Å². The van der Waals surface area contributed by atoms with E-state index in [1.165, 1.54) is 30.5 Å². The first-order chi connectivity index (χ1) is 15.5. The van der Waals surface area contributed by atoms with E-state index in [2.05, 4.69) is 20.2 Å². The topological polar surface area (TPSA) is 87.7 Å². The Morgan fingerprint density at radius 3 is 2.62 bits per heavy atom. The number of aryl methyl sites for hydroxylation is 1. The number of rotatable bonds is 5. The number of anilines is 1. The second-order valence-electron chi connectivity index (χ2n) is 8.18. The molecule has 0 bridgehead atoms. The molecule has 9 heteroatoms. The van der Waals surface area contributed by atoms with E-state index in [0.717, 1.165) is 32.4 Å². The minimum absolute atomic E-state index is 0.0796. The van der Waals surface area contributed by atoms with E-state index in [9.17, 15) is 14.0 Å². The monoisotopic (exact) mass is 441 g/mol. The molecule has 2 aliphatic heterocycles. The molecule has 4 rings (SSSR count). The van der Waals surface area contributed by atoms with E-state index in [-0.39, 0.29) is 23.7 Å². The predicted molar refractivity (Wildman–Crippen MR) is 117 cm³/mol. The Kier molecular flexibility index (Phi) is 7.06. The first-order valence-electron chi connectivity index (χ1n) is 11.0. The van der Waals surface area contributed by atoms with Crippen LogP contribution in [-0.4, -0.2) is 71.0 Å². The fraction of sp³-hybridized carbons (Fsp3) is 0.478. The lowest BCUT2D eigenvalue weighted by atomic mass is 10.0. The van der Waals surface area contributed by atoms with Crippen molar-refractivity contribution in [3.63, 3.8) is 0 Å². The van der Waals surface area contributed by atoms with Gasteiger partial charge in [-0.25, -0.2) is 14.4 Å². The van der Waals surface area contributed by atoms with E-state index in [0.29, 0.717) is 49.1 Å². The molecular formula is C23H28FN5O3. The number of carbonyl (C=O) groups is 2. The van der Waals surface area contributed by atoms with Gasteiger partial charge in [-0.3, -0.25) is 14.5 Å². The Hall–Kier alpha value is -2.91. The van der Waals surface area contributed by atoms with Crippen LogP contribution in [0.3, 0.4) is 0 Å². The zero-order valence-corrected chi connectivity index (χ0v) is 18.2. The summed E-state index contributed by atoms with van der Waals surface area (Å²) in [6.07, 6.45) is 4.27. The molecule has 2 amide bonds. The van der Waals surface area contributed by atoms with Crippen LogP contribution in [0.25, 0.3) is 0 Å². The highest BCUT2D eigenvalue weighted by atomic mass is 19.1. The molecule has 0 radical (unpaired) electrons. The second-order valence-corrected chi connectivity index (χ2v) is 8.18. The average Bonchev–Trinajstić information content (AvgIpc) is 2.81. The Labute approximate surface area is 186 Å². The van der Waals surface area contributed by atoms with Crippen LogP contribution in [0.4, 0.5) is 10.1 Å². The number of nitrogens with zero attached hydrogens (tertiary/aromatic N) is 4. The molecule has 2 fully saturated rings. The third kappa shape index (κ3) is 5.28. The lowest BCUT2D eigenvalue weighted by Crippen LogP contribution is -2.47. The van der Waals surface area contributed by atoms with Gasteiger partial charge in [0.1, 0.15) is 5.82 Å². The number of piperidine rings is 1. The fourth-order valence-corrected chi connectivity index (χ4v) is 4.14. The lowest BCUT2D eigenvalue weighted by molar-refractivity contribution is -0.137. The Bertz CT molecular complexity index is 963. The number of nitrogens with one attached hydrogen (secondary N) is 1. The van der Waals surface area contributed by atoms with E-state index in [1.807, 2.05) is 4.90 Å². The third-order valence-corrected chi connectivity index (χ3v) is 5.93. The van der Waals surface area contributed by atoms with Gasteiger partial charge in [0, 0.05) is 31.5 Å². The van der Waals surface area contributed by atoms with Crippen molar-refractivity contribution in [2.75, 3.05) is 44.7 Å². The number of halogens is 1. The molecule has 3 heterocycles. The van der Waals surface area contributed by atoms with Gasteiger partial charge in [-0.2, -0.15) is 0 Å². The minimum atomic E-state index is -0.368. The number of hydrogen-bond donors (Lipinski definition) is 1. The number of carbonyl (C=O) groups excluding carboxylic acids is 2. The van der Waals surface area contributed by atoms with E-state index < -0.39 is 0 Å². The van der Waals surface area contributed by atoms with Gasteiger partial charge >= 0.3 is 0 Å². The van der Waals surface area contributed by atoms with Crippen LogP contribution in [0.2, 0.25) is 0 Å². The molecule has 0 saturated carbocycles. The van der Waals surface area contributed by atoms with Crippen LogP contribution in [0, 0.1) is 12.7 Å². The molecule has 2 aromatic rings. The molecule has 1 aromatic carbocycles. The standard InChI is InChI=1S/C23H28FN5O3/c1-16-19(23(31)27-18-7-5-17(24)6-8-18)14-25-22(26-16)20-4-2-3-9-29(20)21(30)15-28-10-12-32-13-11-28/h5-8,14,20H,2-4,9-13,15H2,1H3,(H,27,31)/t20-/m1/s1. The zero-order valence-electron chi connectivity index (χ0n) is 18.2. The van der Waals surface area contributed by atoms with Crippen LogP contribution in [0.1, 0.15) is 47.2 Å². The highest BCUT2D eigenvalue weighted by molar-refractivity contribution is 6.04. The van der Waals surface area contributed by atoms with Crippen molar-refractivity contribution < 1.29 is 18.7 Å². The number of ether oxygens (including phenoxy) is 1. The number of likely N-dealkylation sites (tertiary alicyclic amines) is 1. The average molecular weight is 442 g/mol. The SMILES string of the molecule is Cc1nc([C@H]2CCCCN2C(=O)CN2CCOCC2)ncc1C(=O)Nc1ccc(F)cc1. The molecule has 170 valence electrons. The second kappa shape index (κ2) is 10.1. The lowest BCUT2D eigenvalue weighted by Gasteiger charge is -2.37. The largest absolute Gasteiger partial charge is 0.379 e. The molecule has 0 unspecified atom stereocenters. The molecule has 1 atom stereocenters. The van der Waals surface area contributed by atoms with Crippen molar-refractivity contribution in [3.8, 4) is 0 Å². The predicted octanol–water partition coefficient (Wildman–Crippen LogP) is 2.56. The summed E-state index contributed by atoms with van der Waals surface area (Å²) in [4.78, 5) is 38.7. The maximum absolute atomic E-state index is 13.1. The summed E-state index contributed by atoms with van der Waals surface area (Å²) in [6.45, 7) is 5.64. The number of aromatic nitrogens is 2. The zero-order chi connectivity index (χ0) is 22.5. The molecule has 1 N–H and O–H groups in total. The van der Waals surface area contributed by atoms with Crippen molar-refractivity contribution in [2.24, 2.45) is 0 Å². The van der Waals surface area contributed by atoms with Crippen LogP contribution < -0.4 is 5.32 Å². The fourth-order valence-electron chi connectivity index (χ4n) is 4.14. The van der Waals surface area contributed by atoms with Gasteiger partial charge in [0.05, 0.1) is 37.1 Å². The van der Waals surface area contributed by atoms with Gasteiger partial charge in [-0.15, -0.1) is 0 Å². The first kappa shape index (κ1) is 22.3. The highest BCUT2D eigenvalue weighted by Gasteiger charge is 2.31. The Morgan fingerprint density at radius 1 is 1.16 bits per heavy atom. The van der Waals surface area contributed by atoms with Gasteiger partial charge in [0.25, 0.3) is 5.91 Å². The molecule has 0 spiro atoms. The molecule has 2 aliphatic rings. The smallest absolute Gasteiger partial charge is 0.259 e. The molecular weight excluding hydrogens is 413 g/mol. The Balaban J connectivity index is 1.46. The summed E-state index contributed by atoms with van der Waals surface area (Å²) < 4.78 is 18.5. The first-order valence-corrected chi connectivity index (χ1v) is 11.0. The maximum atomic E-state index is 13.1. The normalized spacial score (nSPS) is 19.6. The van der Waals surface area contributed by atoms with E-state index in [4.69, 9.17) is 4.74 Å². The van der Waals surface area contributed by atoms with E-state index >= 15 is 0 Å². The van der Waals surface area contributed by atoms with Crippen molar-refractivity contribution in [3.05, 3.63) is 53.4 Å². The number of hydrogen-bond acceptors (Lipinski definition) is 6. The molecule has 1 aromatic heterocycles. The van der Waals surface area contributed by atoms with Gasteiger partial charge in [0.2, 0.25) is 5.91 Å². The summed E-state index contributed by atoms with van der Waals surface area (Å²) in [5.41, 5.74) is 1.38. The number of morpholine rings is 1. The number of benzene rings is 1. The summed E-state index contributed by atoms with van der Waals surface area (Å²) in [5, 5.41) is 2.73. The summed E-state index contributed by atoms with van der Waals surface area (Å²) >= 11 is 0. The summed E-state index contributed by atoms with van der Waals surface area (Å²) in [5.74, 6) is -0.0801. The summed E-state index contributed by atoms with van der Waals surface area (Å²) in [6, 6.07) is 5.38. The summed E-state index contributed by atoms with van der Waals surface area (Å²) in [7, 11) is 0. The van der Waals surface area contributed by atoms with Crippen LogP contribution in [0.15, 0.2) is 30.5 Å². The van der Waals surface area contributed by atoms with Crippen LogP contribution in [-0.2, 0) is 9.53 Å². The Morgan fingerprint density at radius 2 is 1.91 bits per heavy atom. The molecule has 0 aliphatic carbocycles. The van der Waals surface area contributed by atoms with Gasteiger partial charge < -0.3 is 15.0 Å². The van der Waals surface area contributed by atoms with Crippen molar-refractivity contribution in [1.29, 1.82) is 0 Å². The quantitative estimate of drug-likeness (QED) is 0.767.